The van der Waals surface area contributed by atoms with E-state index < -0.39 is 30.0 Å². The Morgan fingerprint density at radius 2 is 1.75 bits per heavy atom. The highest BCUT2D eigenvalue weighted by molar-refractivity contribution is 5.68. The van der Waals surface area contributed by atoms with Crippen molar-refractivity contribution in [1.82, 2.24) is 5.32 Å². The van der Waals surface area contributed by atoms with Crippen LogP contribution in [0, 0.1) is 0 Å². The van der Waals surface area contributed by atoms with Gasteiger partial charge in [-0.25, -0.2) is 4.79 Å². The van der Waals surface area contributed by atoms with Crippen LogP contribution in [0.25, 0.3) is 0 Å². The maximum atomic E-state index is 12.2. The second-order valence-electron chi connectivity index (χ2n) is 4.50. The quantitative estimate of drug-likeness (QED) is 0.775. The molecular formula is C9H17F3N2O2. The number of nitrogens with two attached hydrogens (primary N) is 1. The molecule has 0 saturated heterocycles. The number of carbonyl (C=O) groups is 1. The first-order chi connectivity index (χ1) is 6.93. The van der Waals surface area contributed by atoms with Crippen molar-refractivity contribution in [2.45, 2.75) is 51.6 Å². The van der Waals surface area contributed by atoms with Gasteiger partial charge in [0.1, 0.15) is 11.6 Å². The average Bonchev–Trinajstić information content (AvgIpc) is 1.96. The summed E-state index contributed by atoms with van der Waals surface area (Å²) in [7, 11) is 0. The standard InChI is InChI=1S/C9H17F3N2O2/c1-5(6(13)9(10,11)12)14-7(15)16-8(2,3)4/h5-6H,13H2,1-4H3,(H,14,15). The Labute approximate surface area is 92.3 Å². The normalized spacial score (nSPS) is 16.5. The fourth-order valence-corrected chi connectivity index (χ4v) is 0.867. The van der Waals surface area contributed by atoms with E-state index in [0.717, 1.165) is 0 Å². The van der Waals surface area contributed by atoms with Gasteiger partial charge in [-0.2, -0.15) is 13.2 Å². The molecule has 0 aromatic rings. The maximum absolute atomic E-state index is 12.2. The zero-order chi connectivity index (χ0) is 13.1. The van der Waals surface area contributed by atoms with Crippen LogP contribution in [0.1, 0.15) is 27.7 Å². The third kappa shape index (κ3) is 5.79. The number of carbonyl (C=O) groups excluding carboxylic acids is 1. The number of halogens is 3. The summed E-state index contributed by atoms with van der Waals surface area (Å²) in [5.74, 6) is 0. The van der Waals surface area contributed by atoms with Crippen molar-refractivity contribution in [3.05, 3.63) is 0 Å². The van der Waals surface area contributed by atoms with E-state index in [9.17, 15) is 18.0 Å². The Hall–Kier alpha value is -0.980. The number of alkyl carbamates (subject to hydrolysis) is 1. The van der Waals surface area contributed by atoms with Gasteiger partial charge in [-0.3, -0.25) is 0 Å². The molecule has 7 heteroatoms. The van der Waals surface area contributed by atoms with Crippen LogP contribution in [0.5, 0.6) is 0 Å². The molecule has 0 bridgehead atoms. The first-order valence-corrected chi connectivity index (χ1v) is 4.75. The van der Waals surface area contributed by atoms with Gasteiger partial charge in [-0.05, 0) is 27.7 Å². The predicted octanol–water partition coefficient (Wildman–Crippen LogP) is 1.79. The SMILES string of the molecule is CC(NC(=O)OC(C)(C)C)C(N)C(F)(F)F. The van der Waals surface area contributed by atoms with E-state index in [4.69, 9.17) is 10.5 Å². The van der Waals surface area contributed by atoms with E-state index in [1.807, 2.05) is 5.32 Å². The monoisotopic (exact) mass is 242 g/mol. The second kappa shape index (κ2) is 4.90. The van der Waals surface area contributed by atoms with Crippen LogP contribution in [-0.2, 0) is 4.74 Å². The molecule has 0 aromatic carbocycles. The molecule has 2 atom stereocenters. The van der Waals surface area contributed by atoms with Gasteiger partial charge >= 0.3 is 12.3 Å². The first-order valence-electron chi connectivity index (χ1n) is 4.75. The molecule has 16 heavy (non-hydrogen) atoms. The molecule has 0 aliphatic heterocycles. The molecule has 0 aliphatic carbocycles. The Morgan fingerprint density at radius 3 is 2.06 bits per heavy atom. The van der Waals surface area contributed by atoms with Gasteiger partial charge < -0.3 is 15.8 Å². The zero-order valence-electron chi connectivity index (χ0n) is 9.68. The van der Waals surface area contributed by atoms with Gasteiger partial charge in [0.2, 0.25) is 0 Å². The van der Waals surface area contributed by atoms with Crippen molar-refractivity contribution in [3.8, 4) is 0 Å². The number of nitrogens with one attached hydrogen (secondary N) is 1. The summed E-state index contributed by atoms with van der Waals surface area (Å²) in [6.07, 6.45) is -5.46. The fraction of sp³-hybridized carbons (Fsp3) is 0.889. The Morgan fingerprint density at radius 1 is 1.31 bits per heavy atom. The summed E-state index contributed by atoms with van der Waals surface area (Å²) in [5, 5.41) is 2.04. The lowest BCUT2D eigenvalue weighted by Gasteiger charge is -2.25. The molecule has 4 nitrogen and oxygen atoms in total. The minimum absolute atomic E-state index is 0.758. The Balaban J connectivity index is 4.26. The highest BCUT2D eigenvalue weighted by Gasteiger charge is 2.41. The van der Waals surface area contributed by atoms with E-state index in [1.54, 1.807) is 20.8 Å². The van der Waals surface area contributed by atoms with Crippen LogP contribution in [-0.4, -0.2) is 30.0 Å². The van der Waals surface area contributed by atoms with Gasteiger partial charge in [0.25, 0.3) is 0 Å². The average molecular weight is 242 g/mol. The molecule has 1 amide bonds. The van der Waals surface area contributed by atoms with Crippen LogP contribution in [0.3, 0.4) is 0 Å². The van der Waals surface area contributed by atoms with Crippen molar-refractivity contribution in [1.29, 1.82) is 0 Å². The topological polar surface area (TPSA) is 64.3 Å². The van der Waals surface area contributed by atoms with Gasteiger partial charge in [-0.15, -0.1) is 0 Å². The predicted molar refractivity (Wildman–Crippen MR) is 52.9 cm³/mol. The highest BCUT2D eigenvalue weighted by Crippen LogP contribution is 2.20. The van der Waals surface area contributed by atoms with Crippen LogP contribution in [0.15, 0.2) is 0 Å². The second-order valence-corrected chi connectivity index (χ2v) is 4.50. The molecule has 0 fully saturated rings. The number of rotatable bonds is 2. The van der Waals surface area contributed by atoms with Crippen molar-refractivity contribution in [3.63, 3.8) is 0 Å². The number of hydrogen-bond donors (Lipinski definition) is 2. The van der Waals surface area contributed by atoms with Crippen LogP contribution < -0.4 is 11.1 Å². The van der Waals surface area contributed by atoms with E-state index in [1.165, 1.54) is 6.92 Å². The Kier molecular flexibility index (Phi) is 4.60. The maximum Gasteiger partial charge on any atom is 0.407 e. The fourth-order valence-electron chi connectivity index (χ4n) is 0.867. The minimum Gasteiger partial charge on any atom is -0.444 e. The molecule has 2 unspecified atom stereocenters. The molecule has 0 spiro atoms. The summed E-state index contributed by atoms with van der Waals surface area (Å²) in [4.78, 5) is 11.1. The van der Waals surface area contributed by atoms with E-state index >= 15 is 0 Å². The van der Waals surface area contributed by atoms with Gasteiger partial charge in [0.05, 0.1) is 6.04 Å². The van der Waals surface area contributed by atoms with E-state index in [2.05, 4.69) is 0 Å². The van der Waals surface area contributed by atoms with Crippen molar-refractivity contribution in [2.24, 2.45) is 5.73 Å². The van der Waals surface area contributed by atoms with Crippen LogP contribution in [0.2, 0.25) is 0 Å². The number of alkyl halides is 3. The number of ether oxygens (including phenoxy) is 1. The summed E-state index contributed by atoms with van der Waals surface area (Å²) < 4.78 is 41.3. The van der Waals surface area contributed by atoms with Crippen molar-refractivity contribution >= 4 is 6.09 Å². The lowest BCUT2D eigenvalue weighted by molar-refractivity contribution is -0.152. The van der Waals surface area contributed by atoms with E-state index in [-0.39, 0.29) is 0 Å². The Bertz CT molecular complexity index is 248. The van der Waals surface area contributed by atoms with Gasteiger partial charge in [-0.1, -0.05) is 0 Å². The summed E-state index contributed by atoms with van der Waals surface area (Å²) in [6.45, 7) is 6.00. The molecule has 0 radical (unpaired) electrons. The van der Waals surface area contributed by atoms with Crippen molar-refractivity contribution in [2.75, 3.05) is 0 Å². The largest absolute Gasteiger partial charge is 0.444 e. The lowest BCUT2D eigenvalue weighted by Crippen LogP contribution is -2.54. The third-order valence-corrected chi connectivity index (χ3v) is 1.66. The number of hydrogen-bond acceptors (Lipinski definition) is 3. The molecule has 0 heterocycles. The zero-order valence-corrected chi connectivity index (χ0v) is 9.68. The summed E-state index contributed by atoms with van der Waals surface area (Å²) in [5.41, 5.74) is 4.15. The molecule has 0 rings (SSSR count). The lowest BCUT2D eigenvalue weighted by atomic mass is 10.1. The minimum atomic E-state index is -4.55. The van der Waals surface area contributed by atoms with Crippen LogP contribution >= 0.6 is 0 Å². The molecule has 3 N–H and O–H groups in total. The first kappa shape index (κ1) is 15.0. The summed E-state index contributed by atoms with van der Waals surface area (Å²) in [6, 6.07) is -3.35. The summed E-state index contributed by atoms with van der Waals surface area (Å²) >= 11 is 0. The van der Waals surface area contributed by atoms with Gasteiger partial charge in [0.15, 0.2) is 0 Å². The molecular weight excluding hydrogens is 225 g/mol. The molecule has 96 valence electrons. The smallest absolute Gasteiger partial charge is 0.407 e. The highest BCUT2D eigenvalue weighted by atomic mass is 19.4. The van der Waals surface area contributed by atoms with E-state index in [0.29, 0.717) is 0 Å². The van der Waals surface area contributed by atoms with Crippen LogP contribution in [0.4, 0.5) is 18.0 Å². The van der Waals surface area contributed by atoms with Gasteiger partial charge in [0, 0.05) is 0 Å². The molecule has 0 aliphatic rings. The third-order valence-electron chi connectivity index (χ3n) is 1.66. The molecule has 0 aromatic heterocycles. The molecule has 0 saturated carbocycles. The number of amides is 1. The van der Waals surface area contributed by atoms with Crippen molar-refractivity contribution < 1.29 is 22.7 Å².